The number of nitrogens with zero attached hydrogens (tertiary/aromatic N) is 1. The number of methoxy groups -OCH3 is 1. The standard InChI is InChI=1S/C20H24N2O3/c1-22-11-10-19(20(22)23)21-13-15-6-8-17(9-7-15)25-14-16-4-3-5-18(12-16)24-2/h3-9,12,19,21H,10-11,13-14H2,1-2H3. The van der Waals surface area contributed by atoms with Crippen LogP contribution in [-0.2, 0) is 17.9 Å². The van der Waals surface area contributed by atoms with Gasteiger partial charge in [0.2, 0.25) is 5.91 Å². The van der Waals surface area contributed by atoms with Gasteiger partial charge in [-0.25, -0.2) is 0 Å². The zero-order chi connectivity index (χ0) is 17.6. The monoisotopic (exact) mass is 340 g/mol. The minimum absolute atomic E-state index is 0.0611. The number of amides is 1. The molecule has 25 heavy (non-hydrogen) atoms. The Morgan fingerprint density at radius 3 is 2.60 bits per heavy atom. The number of hydrogen-bond donors (Lipinski definition) is 1. The Kier molecular flexibility index (Phi) is 5.56. The molecule has 132 valence electrons. The summed E-state index contributed by atoms with van der Waals surface area (Å²) in [4.78, 5) is 13.7. The van der Waals surface area contributed by atoms with E-state index in [9.17, 15) is 4.79 Å². The Morgan fingerprint density at radius 2 is 1.92 bits per heavy atom. The van der Waals surface area contributed by atoms with Crippen LogP contribution in [0.5, 0.6) is 11.5 Å². The molecule has 5 nitrogen and oxygen atoms in total. The highest BCUT2D eigenvalue weighted by atomic mass is 16.5. The molecule has 3 rings (SSSR count). The lowest BCUT2D eigenvalue weighted by molar-refractivity contribution is -0.128. The van der Waals surface area contributed by atoms with Crippen molar-refractivity contribution in [2.75, 3.05) is 20.7 Å². The number of benzene rings is 2. The minimum atomic E-state index is -0.0611. The van der Waals surface area contributed by atoms with Gasteiger partial charge >= 0.3 is 0 Å². The van der Waals surface area contributed by atoms with Crippen molar-refractivity contribution in [3.05, 3.63) is 59.7 Å². The van der Waals surface area contributed by atoms with Crippen LogP contribution in [-0.4, -0.2) is 37.6 Å². The summed E-state index contributed by atoms with van der Waals surface area (Å²) in [6.07, 6.45) is 0.872. The molecule has 2 aromatic rings. The molecule has 5 heteroatoms. The number of ether oxygens (including phenoxy) is 2. The lowest BCUT2D eigenvalue weighted by Crippen LogP contribution is -2.36. The molecule has 0 aromatic heterocycles. The number of rotatable bonds is 7. The molecule has 0 spiro atoms. The first-order chi connectivity index (χ1) is 12.2. The van der Waals surface area contributed by atoms with E-state index in [0.29, 0.717) is 13.2 Å². The molecular formula is C20H24N2O3. The average Bonchev–Trinajstić information content (AvgIpc) is 2.97. The molecule has 0 bridgehead atoms. The Hall–Kier alpha value is -2.53. The van der Waals surface area contributed by atoms with Crippen molar-refractivity contribution < 1.29 is 14.3 Å². The van der Waals surface area contributed by atoms with Gasteiger partial charge in [0.25, 0.3) is 0 Å². The molecule has 1 N–H and O–H groups in total. The predicted molar refractivity (Wildman–Crippen MR) is 96.6 cm³/mol. The molecule has 1 fully saturated rings. The van der Waals surface area contributed by atoms with Crippen LogP contribution in [0.1, 0.15) is 17.5 Å². The van der Waals surface area contributed by atoms with E-state index in [2.05, 4.69) is 5.32 Å². The third-order valence-electron chi connectivity index (χ3n) is 4.44. The molecule has 1 saturated heterocycles. The van der Waals surface area contributed by atoms with E-state index in [0.717, 1.165) is 35.6 Å². The molecule has 1 amide bonds. The quantitative estimate of drug-likeness (QED) is 0.842. The molecule has 1 heterocycles. The zero-order valence-electron chi connectivity index (χ0n) is 14.7. The number of carbonyl (C=O) groups excluding carboxylic acids is 1. The van der Waals surface area contributed by atoms with E-state index in [-0.39, 0.29) is 11.9 Å². The number of hydrogen-bond acceptors (Lipinski definition) is 4. The lowest BCUT2D eigenvalue weighted by Gasteiger charge is -2.12. The Balaban J connectivity index is 1.49. The van der Waals surface area contributed by atoms with Gasteiger partial charge in [-0.2, -0.15) is 0 Å². The zero-order valence-corrected chi connectivity index (χ0v) is 14.7. The smallest absolute Gasteiger partial charge is 0.239 e. The summed E-state index contributed by atoms with van der Waals surface area (Å²) in [5.41, 5.74) is 2.20. The number of likely N-dealkylation sites (N-methyl/N-ethyl adjacent to an activating group) is 1. The fourth-order valence-corrected chi connectivity index (χ4v) is 2.89. The third-order valence-corrected chi connectivity index (χ3v) is 4.44. The molecule has 0 saturated carbocycles. The van der Waals surface area contributed by atoms with Gasteiger partial charge in [-0.05, 0) is 41.8 Å². The predicted octanol–water partition coefficient (Wildman–Crippen LogP) is 2.59. The molecular weight excluding hydrogens is 316 g/mol. The summed E-state index contributed by atoms with van der Waals surface area (Å²) in [5, 5.41) is 3.32. The fraction of sp³-hybridized carbons (Fsp3) is 0.350. The molecule has 1 aliphatic heterocycles. The topological polar surface area (TPSA) is 50.8 Å². The van der Waals surface area contributed by atoms with Gasteiger partial charge in [0.1, 0.15) is 18.1 Å². The molecule has 1 aliphatic rings. The van der Waals surface area contributed by atoms with E-state index in [1.165, 1.54) is 0 Å². The van der Waals surface area contributed by atoms with Crippen molar-refractivity contribution in [3.63, 3.8) is 0 Å². The van der Waals surface area contributed by atoms with Gasteiger partial charge < -0.3 is 19.7 Å². The minimum Gasteiger partial charge on any atom is -0.497 e. The van der Waals surface area contributed by atoms with Crippen LogP contribution in [0, 0.1) is 0 Å². The molecule has 2 aromatic carbocycles. The van der Waals surface area contributed by atoms with E-state index in [1.54, 1.807) is 12.0 Å². The van der Waals surface area contributed by atoms with Crippen molar-refractivity contribution >= 4 is 5.91 Å². The second-order valence-electron chi connectivity index (χ2n) is 6.27. The van der Waals surface area contributed by atoms with Crippen LogP contribution < -0.4 is 14.8 Å². The van der Waals surface area contributed by atoms with Crippen LogP contribution in [0.15, 0.2) is 48.5 Å². The van der Waals surface area contributed by atoms with Gasteiger partial charge in [0.15, 0.2) is 0 Å². The van der Waals surface area contributed by atoms with Crippen LogP contribution in [0.3, 0.4) is 0 Å². The van der Waals surface area contributed by atoms with Crippen molar-refractivity contribution in [3.8, 4) is 11.5 Å². The maximum absolute atomic E-state index is 11.9. The van der Waals surface area contributed by atoms with Crippen molar-refractivity contribution in [1.82, 2.24) is 10.2 Å². The first kappa shape index (κ1) is 17.3. The Morgan fingerprint density at radius 1 is 1.12 bits per heavy atom. The normalized spacial score (nSPS) is 17.0. The van der Waals surface area contributed by atoms with Gasteiger partial charge in [-0.3, -0.25) is 4.79 Å². The van der Waals surface area contributed by atoms with Crippen molar-refractivity contribution in [1.29, 1.82) is 0 Å². The largest absolute Gasteiger partial charge is 0.497 e. The van der Waals surface area contributed by atoms with Gasteiger partial charge in [0, 0.05) is 20.1 Å². The fourth-order valence-electron chi connectivity index (χ4n) is 2.89. The maximum Gasteiger partial charge on any atom is 0.239 e. The molecule has 0 aliphatic carbocycles. The Bertz CT molecular complexity index is 715. The lowest BCUT2D eigenvalue weighted by atomic mass is 10.2. The summed E-state index contributed by atoms with van der Waals surface area (Å²) in [6.45, 7) is 2.01. The van der Waals surface area contributed by atoms with E-state index in [4.69, 9.17) is 9.47 Å². The van der Waals surface area contributed by atoms with Gasteiger partial charge in [-0.15, -0.1) is 0 Å². The highest BCUT2D eigenvalue weighted by Crippen LogP contribution is 2.17. The van der Waals surface area contributed by atoms with Crippen molar-refractivity contribution in [2.45, 2.75) is 25.6 Å². The highest BCUT2D eigenvalue weighted by molar-refractivity contribution is 5.83. The van der Waals surface area contributed by atoms with Crippen LogP contribution in [0.4, 0.5) is 0 Å². The van der Waals surface area contributed by atoms with Gasteiger partial charge in [0.05, 0.1) is 13.2 Å². The second-order valence-corrected chi connectivity index (χ2v) is 6.27. The molecule has 1 unspecified atom stereocenters. The first-order valence-electron chi connectivity index (χ1n) is 8.49. The van der Waals surface area contributed by atoms with Crippen LogP contribution in [0.2, 0.25) is 0 Å². The van der Waals surface area contributed by atoms with E-state index in [1.807, 2.05) is 55.6 Å². The second kappa shape index (κ2) is 8.03. The highest BCUT2D eigenvalue weighted by Gasteiger charge is 2.28. The number of nitrogens with one attached hydrogen (secondary N) is 1. The average molecular weight is 340 g/mol. The Labute approximate surface area is 148 Å². The summed E-state index contributed by atoms with van der Waals surface area (Å²) >= 11 is 0. The molecule has 1 atom stereocenters. The summed E-state index contributed by atoms with van der Waals surface area (Å²) in [5.74, 6) is 1.83. The number of carbonyl (C=O) groups is 1. The first-order valence-corrected chi connectivity index (χ1v) is 8.49. The maximum atomic E-state index is 11.9. The summed E-state index contributed by atoms with van der Waals surface area (Å²) in [6, 6.07) is 15.7. The van der Waals surface area contributed by atoms with Gasteiger partial charge in [-0.1, -0.05) is 24.3 Å². The van der Waals surface area contributed by atoms with Crippen LogP contribution >= 0.6 is 0 Å². The van der Waals surface area contributed by atoms with Crippen molar-refractivity contribution in [2.24, 2.45) is 0 Å². The number of likely N-dealkylation sites (tertiary alicyclic amines) is 1. The van der Waals surface area contributed by atoms with Crippen LogP contribution in [0.25, 0.3) is 0 Å². The van der Waals surface area contributed by atoms with E-state index < -0.39 is 0 Å². The third kappa shape index (κ3) is 4.51. The summed E-state index contributed by atoms with van der Waals surface area (Å²) < 4.78 is 11.0. The SMILES string of the molecule is COc1cccc(COc2ccc(CNC3CCN(C)C3=O)cc2)c1. The molecule has 0 radical (unpaired) electrons. The van der Waals surface area contributed by atoms with E-state index >= 15 is 0 Å². The summed E-state index contributed by atoms with van der Waals surface area (Å²) in [7, 11) is 3.50.